The number of amides is 1. The maximum atomic E-state index is 12.9. The molecule has 0 fully saturated rings. The van der Waals surface area contributed by atoms with Crippen molar-refractivity contribution >= 4 is 13.7 Å². The zero-order chi connectivity index (χ0) is 42.1. The number of carbonyl (C=O) groups excluding carboxylic acids is 1. The number of hydrogen-bond acceptors (Lipinski definition) is 6. The molecule has 3 unspecified atom stereocenters. The van der Waals surface area contributed by atoms with Crippen molar-refractivity contribution in [3.05, 3.63) is 24.3 Å². The predicted octanol–water partition coefficient (Wildman–Crippen LogP) is 13.1. The highest BCUT2D eigenvalue weighted by Crippen LogP contribution is 2.38. The number of likely N-dealkylation sites (N-methyl/N-ethyl adjacent to an activating group) is 1. The Kier molecular flexibility index (Phi) is 39.7. The fourth-order valence-electron chi connectivity index (χ4n) is 7.05. The van der Waals surface area contributed by atoms with E-state index in [2.05, 4.69) is 31.3 Å². The molecule has 0 radical (unpaired) electrons. The van der Waals surface area contributed by atoms with Crippen LogP contribution in [0.25, 0.3) is 0 Å². The number of allylic oxidation sites excluding steroid dienone is 3. The van der Waals surface area contributed by atoms with Crippen LogP contribution in [0.1, 0.15) is 226 Å². The third-order valence-electron chi connectivity index (χ3n) is 10.9. The third-order valence-corrected chi connectivity index (χ3v) is 11.9. The van der Waals surface area contributed by atoms with Gasteiger partial charge >= 0.3 is 0 Å². The molecule has 0 saturated heterocycles. The van der Waals surface area contributed by atoms with E-state index < -0.39 is 20.0 Å². The Bertz CT molecular complexity index is 984. The van der Waals surface area contributed by atoms with Crippen LogP contribution in [0.4, 0.5) is 0 Å². The molecule has 0 rings (SSSR count). The van der Waals surface area contributed by atoms with Gasteiger partial charge in [0, 0.05) is 6.42 Å². The summed E-state index contributed by atoms with van der Waals surface area (Å²) in [6, 6.07) is -0.898. The fourth-order valence-corrected chi connectivity index (χ4v) is 7.77. The summed E-state index contributed by atoms with van der Waals surface area (Å²) in [5.41, 5.74) is 0. The monoisotopic (exact) mass is 827 g/mol. The number of carbonyl (C=O) groups is 1. The van der Waals surface area contributed by atoms with Crippen LogP contribution in [-0.4, -0.2) is 68.5 Å². The van der Waals surface area contributed by atoms with Gasteiger partial charge in [-0.3, -0.25) is 9.36 Å². The second-order valence-electron chi connectivity index (χ2n) is 17.8. The molecule has 0 aliphatic heterocycles. The molecule has 9 heteroatoms. The molecule has 57 heavy (non-hydrogen) atoms. The van der Waals surface area contributed by atoms with Gasteiger partial charge in [0.1, 0.15) is 13.2 Å². The lowest BCUT2D eigenvalue weighted by molar-refractivity contribution is -0.870. The molecular formula is C48H95N2O6P. The van der Waals surface area contributed by atoms with Gasteiger partial charge in [0.25, 0.3) is 7.82 Å². The molecule has 2 N–H and O–H groups in total. The number of nitrogens with zero attached hydrogens (tertiary/aromatic N) is 1. The lowest BCUT2D eigenvalue weighted by atomic mass is 10.0. The van der Waals surface area contributed by atoms with Crippen molar-refractivity contribution in [1.82, 2.24) is 5.32 Å². The molecule has 0 saturated carbocycles. The maximum absolute atomic E-state index is 12.9. The number of aliphatic hydroxyl groups excluding tert-OH is 1. The Hall–Kier alpha value is -1.02. The highest BCUT2D eigenvalue weighted by atomic mass is 31.2. The third kappa shape index (κ3) is 42.9. The smallest absolute Gasteiger partial charge is 0.268 e. The topological polar surface area (TPSA) is 108 Å². The van der Waals surface area contributed by atoms with Crippen LogP contribution in [0.5, 0.6) is 0 Å². The molecule has 8 nitrogen and oxygen atoms in total. The van der Waals surface area contributed by atoms with Crippen LogP contribution in [0, 0.1) is 0 Å². The van der Waals surface area contributed by atoms with E-state index in [0.717, 1.165) is 38.5 Å². The van der Waals surface area contributed by atoms with Gasteiger partial charge in [-0.25, -0.2) is 0 Å². The van der Waals surface area contributed by atoms with Crippen molar-refractivity contribution in [3.8, 4) is 0 Å². The average Bonchev–Trinajstić information content (AvgIpc) is 3.16. The SMILES string of the molecule is CCCCCCCCCCCCCC/C=C/CC/C=C/C(O)C(COP(=O)([O-])OCC[N+](C)(C)C)NC(=O)CCCCCCCCCCCCCCCCCCC. The van der Waals surface area contributed by atoms with Crippen LogP contribution in [0.15, 0.2) is 24.3 Å². The first-order valence-corrected chi connectivity index (χ1v) is 25.7. The van der Waals surface area contributed by atoms with Gasteiger partial charge in [0.15, 0.2) is 0 Å². The van der Waals surface area contributed by atoms with E-state index in [9.17, 15) is 19.4 Å². The number of aliphatic hydroxyl groups is 1. The fraction of sp³-hybridized carbons (Fsp3) is 0.896. The molecule has 338 valence electrons. The molecule has 3 atom stereocenters. The van der Waals surface area contributed by atoms with Gasteiger partial charge < -0.3 is 28.8 Å². The molecule has 1 amide bonds. The van der Waals surface area contributed by atoms with Crippen LogP contribution in [0.2, 0.25) is 0 Å². The van der Waals surface area contributed by atoms with Gasteiger partial charge in [0.05, 0.1) is 39.9 Å². The van der Waals surface area contributed by atoms with Gasteiger partial charge in [-0.15, -0.1) is 0 Å². The Morgan fingerprint density at radius 3 is 1.42 bits per heavy atom. The summed E-state index contributed by atoms with van der Waals surface area (Å²) >= 11 is 0. The standard InChI is InChI=1S/C48H95N2O6P/c1-6-8-10-12-14-16-18-20-22-24-26-27-29-31-33-35-37-39-41-47(51)46(45-56-57(53,54)55-44-43-50(3,4)5)49-48(52)42-40-38-36-34-32-30-28-25-23-21-19-17-15-13-11-9-7-2/h31,33,39,41,46-47,51H,6-30,32,34-38,40,42-45H2,1-5H3,(H-,49,52,53,54)/b33-31+,41-39+. The van der Waals surface area contributed by atoms with Crippen molar-refractivity contribution in [2.24, 2.45) is 0 Å². The van der Waals surface area contributed by atoms with Crippen molar-refractivity contribution in [3.63, 3.8) is 0 Å². The Morgan fingerprint density at radius 2 is 0.982 bits per heavy atom. The van der Waals surface area contributed by atoms with Gasteiger partial charge in [0.2, 0.25) is 5.91 Å². The second kappa shape index (κ2) is 40.4. The van der Waals surface area contributed by atoms with E-state index in [-0.39, 0.29) is 19.1 Å². The number of hydrogen-bond donors (Lipinski definition) is 2. The lowest BCUT2D eigenvalue weighted by Crippen LogP contribution is -2.45. The first-order valence-electron chi connectivity index (χ1n) is 24.2. The van der Waals surface area contributed by atoms with Crippen molar-refractivity contribution in [2.45, 2.75) is 238 Å². The number of nitrogens with one attached hydrogen (secondary N) is 1. The molecular weight excluding hydrogens is 732 g/mol. The quantitative estimate of drug-likeness (QED) is 0.0274. The van der Waals surface area contributed by atoms with Crippen LogP contribution >= 0.6 is 7.82 Å². The minimum atomic E-state index is -4.59. The average molecular weight is 827 g/mol. The van der Waals surface area contributed by atoms with Crippen LogP contribution in [0.3, 0.4) is 0 Å². The van der Waals surface area contributed by atoms with E-state index in [1.165, 1.54) is 167 Å². The summed E-state index contributed by atoms with van der Waals surface area (Å²) in [5, 5.41) is 13.8. The zero-order valence-corrected chi connectivity index (χ0v) is 39.2. The number of quaternary nitrogens is 1. The lowest BCUT2D eigenvalue weighted by Gasteiger charge is -2.29. The first-order chi connectivity index (χ1) is 27.5. The summed E-state index contributed by atoms with van der Waals surface area (Å²) in [6.45, 7) is 4.65. The summed E-state index contributed by atoms with van der Waals surface area (Å²) in [7, 11) is 1.25. The molecule has 0 aromatic rings. The molecule has 0 heterocycles. The van der Waals surface area contributed by atoms with Crippen LogP contribution < -0.4 is 10.2 Å². The molecule has 0 aromatic carbocycles. The van der Waals surface area contributed by atoms with Gasteiger partial charge in [-0.2, -0.15) is 0 Å². The highest BCUT2D eigenvalue weighted by molar-refractivity contribution is 7.45. The summed E-state index contributed by atoms with van der Waals surface area (Å²) in [5.74, 6) is -0.204. The number of unbranched alkanes of at least 4 members (excludes halogenated alkanes) is 29. The molecule has 0 aliphatic rings. The normalized spacial score (nSPS) is 14.4. The molecule has 0 spiro atoms. The van der Waals surface area contributed by atoms with Gasteiger partial charge in [-0.1, -0.05) is 212 Å². The highest BCUT2D eigenvalue weighted by Gasteiger charge is 2.23. The summed E-state index contributed by atoms with van der Waals surface area (Å²) in [4.78, 5) is 25.3. The van der Waals surface area contributed by atoms with Crippen molar-refractivity contribution in [2.75, 3.05) is 40.9 Å². The van der Waals surface area contributed by atoms with E-state index in [4.69, 9.17) is 9.05 Å². The minimum Gasteiger partial charge on any atom is -0.756 e. The summed E-state index contributed by atoms with van der Waals surface area (Å²) in [6.07, 6.45) is 48.0. The number of rotatable bonds is 44. The number of phosphoric acid groups is 1. The van der Waals surface area contributed by atoms with E-state index in [0.29, 0.717) is 17.4 Å². The van der Waals surface area contributed by atoms with Crippen LogP contribution in [-0.2, 0) is 18.4 Å². The molecule has 0 aliphatic carbocycles. The van der Waals surface area contributed by atoms with E-state index in [1.807, 2.05) is 27.2 Å². The molecule has 0 aromatic heterocycles. The minimum absolute atomic E-state index is 0.00407. The van der Waals surface area contributed by atoms with Crippen molar-refractivity contribution in [1.29, 1.82) is 0 Å². The Balaban J connectivity index is 4.39. The van der Waals surface area contributed by atoms with E-state index in [1.54, 1.807) is 6.08 Å². The zero-order valence-electron chi connectivity index (χ0n) is 38.3. The second-order valence-corrected chi connectivity index (χ2v) is 19.2. The Labute approximate surface area is 354 Å². The van der Waals surface area contributed by atoms with E-state index >= 15 is 0 Å². The first kappa shape index (κ1) is 56.0. The Morgan fingerprint density at radius 1 is 0.596 bits per heavy atom. The summed E-state index contributed by atoms with van der Waals surface area (Å²) < 4.78 is 23.2. The maximum Gasteiger partial charge on any atom is 0.268 e. The largest absolute Gasteiger partial charge is 0.756 e. The van der Waals surface area contributed by atoms with Gasteiger partial charge in [-0.05, 0) is 32.1 Å². The molecule has 0 bridgehead atoms. The van der Waals surface area contributed by atoms with Crippen molar-refractivity contribution < 1.29 is 32.9 Å². The number of phosphoric ester groups is 1. The predicted molar refractivity (Wildman–Crippen MR) is 242 cm³/mol.